The molecule has 0 aromatic heterocycles. The van der Waals surface area contributed by atoms with E-state index in [9.17, 15) is 55.2 Å². The number of carbonyl (C=O) groups is 3. The van der Waals surface area contributed by atoms with E-state index in [4.69, 9.17) is 29.8 Å². The summed E-state index contributed by atoms with van der Waals surface area (Å²) in [6.45, 7) is 19.0. The largest absolute Gasteiger partial charge is 0.480 e. The fraction of sp³-hybridized carbons (Fsp3) is 0.894. The molecule has 2 saturated heterocycles. The molecule has 7 aliphatic rings. The number of aliphatic carboxylic acids is 2. The first-order valence-electron chi connectivity index (χ1n) is 23.3. The maximum absolute atomic E-state index is 14.6. The molecule has 2 heterocycles. The molecule has 6 fully saturated rings. The standard InChI is InChI=1S/C42H66O14.C5H11NO2/c1-37(2)14-16-42(36(52)56-34-30(48)27(45)26(44)22(19-43)53-34)17-15-40(6)20(21(42)18-37)8-9-24-39(5)12-11-25(38(3,4)23(39)10-13-41(24,40)7)54-35-31(49)28(46)29(47)32(55-35)33(50)51;1-3(2)4(6)5(7)8/h8,21-32,34-35,43-49H,9-19H2,1-7H3,(H,50,51);3-4H,6H2,1-2H3,(H,7,8)/t21-,22+,23-,24+,25-,26+,27-,28-,29-,30+,31+,32-,34-,35+,39-,40+,41+,42-;4-/m00/s1. The zero-order valence-corrected chi connectivity index (χ0v) is 39.1. The lowest BCUT2D eigenvalue weighted by atomic mass is 9.33. The van der Waals surface area contributed by atoms with Crippen LogP contribution in [0.1, 0.15) is 127 Å². The van der Waals surface area contributed by atoms with Crippen LogP contribution in [0, 0.1) is 56.2 Å². The monoisotopic (exact) mass is 912 g/mol. The number of carbonyl (C=O) groups excluding carboxylic acids is 1. The number of hydrogen-bond donors (Lipinski definition) is 10. The van der Waals surface area contributed by atoms with Crippen LogP contribution in [-0.4, -0.2) is 144 Å². The van der Waals surface area contributed by atoms with Crippen molar-refractivity contribution in [1.82, 2.24) is 0 Å². The van der Waals surface area contributed by atoms with E-state index in [1.54, 1.807) is 13.8 Å². The quantitative estimate of drug-likeness (QED) is 0.0951. The van der Waals surface area contributed by atoms with Gasteiger partial charge in [-0.3, -0.25) is 9.59 Å². The zero-order chi connectivity index (χ0) is 47.9. The van der Waals surface area contributed by atoms with Crippen molar-refractivity contribution in [3.63, 3.8) is 0 Å². The van der Waals surface area contributed by atoms with Crippen molar-refractivity contribution in [3.05, 3.63) is 11.6 Å². The van der Waals surface area contributed by atoms with Crippen molar-refractivity contribution >= 4 is 17.9 Å². The Morgan fingerprint density at radius 2 is 1.38 bits per heavy atom. The summed E-state index contributed by atoms with van der Waals surface area (Å²) in [7, 11) is 0. The molecule has 0 spiro atoms. The molecule has 0 unspecified atom stereocenters. The lowest BCUT2D eigenvalue weighted by molar-refractivity contribution is -0.324. The van der Waals surface area contributed by atoms with E-state index >= 15 is 0 Å². The second-order valence-electron chi connectivity index (χ2n) is 22.8. The van der Waals surface area contributed by atoms with E-state index in [1.807, 2.05) is 0 Å². The molecule has 0 aromatic rings. The Morgan fingerprint density at radius 1 is 0.766 bits per heavy atom. The summed E-state index contributed by atoms with van der Waals surface area (Å²) in [5, 5.41) is 90.6. The Morgan fingerprint density at radius 3 is 1.95 bits per heavy atom. The number of fused-ring (bicyclic) bond motifs is 7. The Hall–Kier alpha value is -2.29. The van der Waals surface area contributed by atoms with Crippen LogP contribution >= 0.6 is 0 Å². The molecule has 0 amide bonds. The minimum absolute atomic E-state index is 0.0208. The van der Waals surface area contributed by atoms with Gasteiger partial charge in [0, 0.05) is 0 Å². The smallest absolute Gasteiger partial charge is 0.335 e. The Balaban J connectivity index is 0.000000776. The molecule has 2 aliphatic heterocycles. The Bertz CT molecular complexity index is 1770. The summed E-state index contributed by atoms with van der Waals surface area (Å²) in [6, 6.07) is -0.713. The molecule has 0 aromatic carbocycles. The Kier molecular flexibility index (Phi) is 14.4. The summed E-state index contributed by atoms with van der Waals surface area (Å²) in [4.78, 5) is 36.4. The molecule has 7 rings (SSSR count). The molecule has 5 aliphatic carbocycles. The highest BCUT2D eigenvalue weighted by molar-refractivity contribution is 5.79. The van der Waals surface area contributed by atoms with Gasteiger partial charge < -0.3 is 70.6 Å². The summed E-state index contributed by atoms with van der Waals surface area (Å²) in [5.41, 5.74) is 4.71. The van der Waals surface area contributed by atoms with Crippen molar-refractivity contribution in [2.45, 2.75) is 200 Å². The maximum atomic E-state index is 14.6. The van der Waals surface area contributed by atoms with E-state index in [0.717, 1.165) is 44.9 Å². The lowest BCUT2D eigenvalue weighted by Gasteiger charge is -2.71. The highest BCUT2D eigenvalue weighted by Gasteiger charge is 2.70. The van der Waals surface area contributed by atoms with Gasteiger partial charge >= 0.3 is 17.9 Å². The summed E-state index contributed by atoms with van der Waals surface area (Å²) >= 11 is 0. The molecular formula is C47H77NO16. The minimum Gasteiger partial charge on any atom is -0.480 e. The topological polar surface area (TPSA) is 296 Å². The number of ether oxygens (including phenoxy) is 4. The normalized spacial score (nSPS) is 47.5. The first kappa shape index (κ1) is 51.1. The molecule has 0 radical (unpaired) electrons. The van der Waals surface area contributed by atoms with Gasteiger partial charge in [-0.25, -0.2) is 4.79 Å². The molecule has 4 saturated carbocycles. The van der Waals surface area contributed by atoms with Crippen molar-refractivity contribution in [2.24, 2.45) is 61.9 Å². The van der Waals surface area contributed by atoms with Crippen LogP contribution in [0.2, 0.25) is 0 Å². The number of esters is 1. The summed E-state index contributed by atoms with van der Waals surface area (Å²) < 4.78 is 23.5. The fourth-order valence-corrected chi connectivity index (χ4v) is 13.8. The molecule has 64 heavy (non-hydrogen) atoms. The van der Waals surface area contributed by atoms with Gasteiger partial charge in [0.05, 0.1) is 18.1 Å². The Labute approximate surface area is 376 Å². The molecule has 17 nitrogen and oxygen atoms in total. The van der Waals surface area contributed by atoms with Gasteiger partial charge in [-0.2, -0.15) is 0 Å². The third kappa shape index (κ3) is 8.38. The first-order valence-corrected chi connectivity index (χ1v) is 23.3. The fourth-order valence-electron chi connectivity index (χ4n) is 13.8. The van der Waals surface area contributed by atoms with Crippen LogP contribution in [0.25, 0.3) is 0 Å². The minimum atomic E-state index is -1.79. The van der Waals surface area contributed by atoms with Crippen LogP contribution in [0.5, 0.6) is 0 Å². The van der Waals surface area contributed by atoms with Crippen LogP contribution in [0.3, 0.4) is 0 Å². The third-order valence-corrected chi connectivity index (χ3v) is 18.2. The molecule has 0 bridgehead atoms. The van der Waals surface area contributed by atoms with Crippen molar-refractivity contribution in [1.29, 1.82) is 0 Å². The number of aliphatic hydroxyl groups excluding tert-OH is 7. The number of hydrogen-bond acceptors (Lipinski definition) is 15. The van der Waals surface area contributed by atoms with Crippen LogP contribution in [0.15, 0.2) is 11.6 Å². The average molecular weight is 912 g/mol. The van der Waals surface area contributed by atoms with E-state index in [0.29, 0.717) is 25.2 Å². The van der Waals surface area contributed by atoms with Gasteiger partial charge in [-0.05, 0) is 115 Å². The highest BCUT2D eigenvalue weighted by Crippen LogP contribution is 2.76. The number of allylic oxidation sites excluding steroid dienone is 2. The zero-order valence-electron chi connectivity index (χ0n) is 39.1. The number of carboxylic acids is 2. The van der Waals surface area contributed by atoms with E-state index < -0.39 is 109 Å². The number of aliphatic hydroxyl groups is 7. The van der Waals surface area contributed by atoms with Crippen LogP contribution in [0.4, 0.5) is 0 Å². The second-order valence-corrected chi connectivity index (χ2v) is 22.8. The third-order valence-electron chi connectivity index (χ3n) is 18.2. The SMILES string of the molecule is CC(C)[C@H](N)C(=O)O.CC1(C)CC[C@]2(C(=O)O[C@@H]3O[C@H](CO)[C@@H](O)[C@H](O)[C@H]3O)CC[C@]3(C)C(=CC[C@@H]4[C@@]5(C)CC[C@H](O[C@@H]6O[C@H](C(=O)O)[C@@H](O)[C@H](O)[C@H]6O)C(C)(C)[C@@H]5CC[C@]43C)[C@@H]2C1. The molecule has 19 atom stereocenters. The molecule has 366 valence electrons. The predicted octanol–water partition coefficient (Wildman–Crippen LogP) is 2.46. The maximum Gasteiger partial charge on any atom is 0.335 e. The van der Waals surface area contributed by atoms with Crippen molar-refractivity contribution in [3.8, 4) is 0 Å². The highest BCUT2D eigenvalue weighted by atomic mass is 16.7. The van der Waals surface area contributed by atoms with Crippen molar-refractivity contribution in [2.75, 3.05) is 6.61 Å². The average Bonchev–Trinajstić information content (AvgIpc) is 3.21. The van der Waals surface area contributed by atoms with Crippen LogP contribution < -0.4 is 5.73 Å². The molecule has 11 N–H and O–H groups in total. The van der Waals surface area contributed by atoms with Gasteiger partial charge in [0.25, 0.3) is 0 Å². The molecular weight excluding hydrogens is 835 g/mol. The van der Waals surface area contributed by atoms with Crippen molar-refractivity contribution < 1.29 is 79.3 Å². The predicted molar refractivity (Wildman–Crippen MR) is 229 cm³/mol. The van der Waals surface area contributed by atoms with Gasteiger partial charge in [0.2, 0.25) is 6.29 Å². The first-order chi connectivity index (χ1) is 29.5. The number of carboxylic acid groups (broad SMARTS) is 2. The van der Waals surface area contributed by atoms with Gasteiger partial charge in [-0.1, -0.05) is 74.0 Å². The van der Waals surface area contributed by atoms with Gasteiger partial charge in [-0.15, -0.1) is 0 Å². The van der Waals surface area contributed by atoms with E-state index in [-0.39, 0.29) is 39.4 Å². The van der Waals surface area contributed by atoms with Gasteiger partial charge in [0.15, 0.2) is 12.4 Å². The van der Waals surface area contributed by atoms with E-state index in [2.05, 4.69) is 54.5 Å². The summed E-state index contributed by atoms with van der Waals surface area (Å²) in [6.07, 6.45) is -6.14. The number of rotatable bonds is 8. The second kappa shape index (κ2) is 18.0. The number of nitrogens with two attached hydrogens (primary N) is 1. The van der Waals surface area contributed by atoms with Crippen LogP contribution in [-0.2, 0) is 33.3 Å². The lowest BCUT2D eigenvalue weighted by Crippen LogP contribution is -2.66. The van der Waals surface area contributed by atoms with E-state index in [1.165, 1.54) is 5.57 Å². The van der Waals surface area contributed by atoms with Gasteiger partial charge in [0.1, 0.15) is 48.8 Å². The summed E-state index contributed by atoms with van der Waals surface area (Å²) in [5.74, 6) is -2.43. The molecule has 17 heteroatoms.